The number of aromatic nitrogens is 1. The molecule has 1 aromatic carbocycles. The third kappa shape index (κ3) is 5.93. The fourth-order valence-electron chi connectivity index (χ4n) is 4.92. The van der Waals surface area contributed by atoms with E-state index in [1.165, 1.54) is 30.6 Å². The average Bonchev–Trinajstić information content (AvgIpc) is 2.83. The van der Waals surface area contributed by atoms with Crippen molar-refractivity contribution in [3.63, 3.8) is 0 Å². The highest BCUT2D eigenvalue weighted by molar-refractivity contribution is 7.80. The summed E-state index contributed by atoms with van der Waals surface area (Å²) in [6, 6.07) is 12.8. The number of thiol groups is 1. The average molecular weight is 484 g/mol. The lowest BCUT2D eigenvalue weighted by Gasteiger charge is -2.31. The first-order chi connectivity index (χ1) is 16.4. The van der Waals surface area contributed by atoms with Crippen LogP contribution in [0, 0.1) is 0 Å². The molecule has 6 nitrogen and oxygen atoms in total. The summed E-state index contributed by atoms with van der Waals surface area (Å²) in [7, 11) is 4.61. The minimum atomic E-state index is 0.845. The molecule has 0 spiro atoms. The number of fused-ring (bicyclic) bond motifs is 2. The standard InChI is InChI=1S/C27H40N5OS/c1-5-30(6-2)22-8-10-24-26(20-22)33-27-21-23(9-11-25(27)28-24)31-15-13-29(14-16-31)12-7-17-32(3,4)18-19-34/h8-11,20-21H,5-7,12-19H2,1-4H3/q+1/p+1. The van der Waals surface area contributed by atoms with Crippen molar-refractivity contribution in [2.45, 2.75) is 20.3 Å². The Morgan fingerprint density at radius 1 is 1.06 bits per heavy atom. The van der Waals surface area contributed by atoms with Crippen LogP contribution in [0.25, 0.3) is 22.6 Å². The monoisotopic (exact) mass is 483 g/mol. The second kappa shape index (κ2) is 11.1. The summed E-state index contributed by atoms with van der Waals surface area (Å²) in [6.07, 6.45) is 1.24. The number of hydrogen-bond acceptors (Lipinski definition) is 5. The summed E-state index contributed by atoms with van der Waals surface area (Å²) in [4.78, 5) is 9.78. The van der Waals surface area contributed by atoms with E-state index in [1.54, 1.807) is 0 Å². The van der Waals surface area contributed by atoms with Crippen LogP contribution in [-0.4, -0.2) is 93.1 Å². The van der Waals surface area contributed by atoms with Gasteiger partial charge in [0.1, 0.15) is 11.2 Å². The van der Waals surface area contributed by atoms with Crippen LogP contribution in [0.1, 0.15) is 20.3 Å². The predicted molar refractivity (Wildman–Crippen MR) is 146 cm³/mol. The normalized spacial score (nSPS) is 15.4. The fraction of sp³-hybridized carbons (Fsp3) is 0.556. The number of piperazine rings is 1. The molecule has 0 atom stereocenters. The number of anilines is 1. The van der Waals surface area contributed by atoms with E-state index in [4.69, 9.17) is 9.40 Å². The Morgan fingerprint density at radius 2 is 1.82 bits per heavy atom. The summed E-state index contributed by atoms with van der Waals surface area (Å²) in [5.74, 6) is 1.81. The van der Waals surface area contributed by atoms with E-state index in [0.717, 1.165) is 78.6 Å². The van der Waals surface area contributed by atoms with Crippen molar-refractivity contribution in [3.05, 3.63) is 41.8 Å². The zero-order valence-electron chi connectivity index (χ0n) is 21.3. The van der Waals surface area contributed by atoms with E-state index in [1.807, 2.05) is 0 Å². The molecule has 0 unspecified atom stereocenters. The third-order valence-electron chi connectivity index (χ3n) is 7.16. The molecule has 34 heavy (non-hydrogen) atoms. The first-order valence-corrected chi connectivity index (χ1v) is 13.4. The molecule has 1 saturated heterocycles. The minimum Gasteiger partial charge on any atom is -0.452 e. The van der Waals surface area contributed by atoms with Crippen molar-refractivity contribution >= 4 is 29.4 Å². The molecular weight excluding hydrogens is 442 g/mol. The molecule has 0 radical (unpaired) electrons. The van der Waals surface area contributed by atoms with Crippen molar-refractivity contribution in [1.82, 2.24) is 14.5 Å². The lowest BCUT2D eigenvalue weighted by Crippen LogP contribution is -2.49. The molecule has 0 aromatic heterocycles. The molecule has 184 valence electrons. The van der Waals surface area contributed by atoms with E-state index in [0.29, 0.717) is 0 Å². The molecule has 0 saturated carbocycles. The molecule has 1 aliphatic carbocycles. The third-order valence-corrected chi connectivity index (χ3v) is 7.36. The Labute approximate surface area is 209 Å². The predicted octanol–water partition coefficient (Wildman–Crippen LogP) is 3.26. The smallest absolute Gasteiger partial charge is 0.203 e. The lowest BCUT2D eigenvalue weighted by molar-refractivity contribution is -0.887. The van der Waals surface area contributed by atoms with Crippen molar-refractivity contribution in [2.75, 3.05) is 83.7 Å². The van der Waals surface area contributed by atoms with Crippen molar-refractivity contribution in [2.24, 2.45) is 0 Å². The molecule has 3 aliphatic rings. The van der Waals surface area contributed by atoms with Crippen molar-refractivity contribution < 1.29 is 8.90 Å². The van der Waals surface area contributed by atoms with Crippen LogP contribution in [0.3, 0.4) is 0 Å². The summed E-state index contributed by atoms with van der Waals surface area (Å²) < 4.78 is 9.88. The van der Waals surface area contributed by atoms with Gasteiger partial charge in [-0.1, -0.05) is 0 Å². The molecule has 2 heterocycles. The first kappa shape index (κ1) is 25.0. The summed E-state index contributed by atoms with van der Waals surface area (Å²) in [5, 5.41) is 1.23. The van der Waals surface area contributed by atoms with Crippen LogP contribution in [0.5, 0.6) is 0 Å². The summed E-state index contributed by atoms with van der Waals surface area (Å²) >= 11 is 4.40. The van der Waals surface area contributed by atoms with Gasteiger partial charge in [-0.15, -0.1) is 0 Å². The number of benzene rings is 2. The van der Waals surface area contributed by atoms with Gasteiger partial charge in [0.25, 0.3) is 0 Å². The first-order valence-electron chi connectivity index (χ1n) is 12.7. The Balaban J connectivity index is 1.48. The summed E-state index contributed by atoms with van der Waals surface area (Å²) in [5.41, 5.74) is 3.84. The topological polar surface area (TPSA) is 35.5 Å². The van der Waals surface area contributed by atoms with Crippen LogP contribution >= 0.6 is 12.6 Å². The van der Waals surface area contributed by atoms with Gasteiger partial charge in [0.05, 0.1) is 46.3 Å². The van der Waals surface area contributed by atoms with Crippen molar-refractivity contribution in [1.29, 1.82) is 0 Å². The van der Waals surface area contributed by atoms with Gasteiger partial charge in [0.2, 0.25) is 5.36 Å². The van der Waals surface area contributed by atoms with E-state index in [9.17, 15) is 0 Å². The Hall–Kier alpha value is -2.09. The van der Waals surface area contributed by atoms with Gasteiger partial charge in [0.15, 0.2) is 24.4 Å². The highest BCUT2D eigenvalue weighted by Gasteiger charge is 2.21. The summed E-state index contributed by atoms with van der Waals surface area (Å²) in [6.45, 7) is 14.2. The van der Waals surface area contributed by atoms with Gasteiger partial charge in [-0.2, -0.15) is 12.6 Å². The van der Waals surface area contributed by atoms with E-state index >= 15 is 0 Å². The zero-order valence-corrected chi connectivity index (χ0v) is 22.2. The Bertz CT molecular complexity index is 1130. The molecule has 1 aromatic rings. The maximum Gasteiger partial charge on any atom is 0.203 e. The van der Waals surface area contributed by atoms with Gasteiger partial charge in [-0.3, -0.25) is 4.90 Å². The minimum absolute atomic E-state index is 0.845. The molecule has 2 aliphatic heterocycles. The highest BCUT2D eigenvalue weighted by atomic mass is 32.1. The van der Waals surface area contributed by atoms with Gasteiger partial charge in [-0.05, 0) is 32.0 Å². The molecule has 1 fully saturated rings. The second-order valence-electron chi connectivity index (χ2n) is 9.98. The van der Waals surface area contributed by atoms with Crippen LogP contribution in [-0.2, 0) is 0 Å². The molecule has 0 amide bonds. The maximum absolute atomic E-state index is 6.35. The number of hydrogen-bond donors (Lipinski definition) is 1. The zero-order chi connectivity index (χ0) is 24.1. The lowest BCUT2D eigenvalue weighted by atomic mass is 10.2. The van der Waals surface area contributed by atoms with E-state index in [2.05, 4.69) is 91.3 Å². The highest BCUT2D eigenvalue weighted by Crippen LogP contribution is 2.27. The molecule has 4 rings (SSSR count). The van der Waals surface area contributed by atoms with Gasteiger partial charge >= 0.3 is 0 Å². The van der Waals surface area contributed by atoms with Crippen LogP contribution in [0.4, 0.5) is 5.69 Å². The maximum atomic E-state index is 6.35. The molecule has 0 bridgehead atoms. The molecule has 0 N–H and O–H groups in total. The van der Waals surface area contributed by atoms with Gasteiger partial charge in [-0.25, -0.2) is 9.56 Å². The molecular formula is C27H41N5OS+2. The fourth-order valence-corrected chi connectivity index (χ4v) is 5.46. The number of rotatable bonds is 9. The van der Waals surface area contributed by atoms with Crippen molar-refractivity contribution in [3.8, 4) is 11.5 Å². The number of quaternary nitrogens is 1. The molecule has 7 heteroatoms. The van der Waals surface area contributed by atoms with Crippen LogP contribution in [0.15, 0.2) is 40.8 Å². The number of nitrogens with zero attached hydrogens (tertiary/aromatic N) is 5. The second-order valence-corrected chi connectivity index (χ2v) is 10.4. The van der Waals surface area contributed by atoms with E-state index < -0.39 is 0 Å². The quantitative estimate of drug-likeness (QED) is 0.219. The van der Waals surface area contributed by atoms with E-state index in [-0.39, 0.29) is 0 Å². The Kier molecular flexibility index (Phi) is 8.17. The largest absolute Gasteiger partial charge is 0.452 e. The SMILES string of the molecule is CCN(CC)c1ccc2nc3ccc(=[N+]4CCN(CCC[N+](C)(C)CCS)CC4)cc-3oc2c1. The van der Waals surface area contributed by atoms with Gasteiger partial charge < -0.3 is 13.8 Å². The van der Waals surface area contributed by atoms with Crippen LogP contribution < -0.4 is 14.8 Å². The van der Waals surface area contributed by atoms with Crippen LogP contribution in [0.2, 0.25) is 0 Å². The Morgan fingerprint density at radius 3 is 2.53 bits per heavy atom. The van der Waals surface area contributed by atoms with Gasteiger partial charge in [0, 0.05) is 49.6 Å².